The Bertz CT molecular complexity index is 820. The van der Waals surface area contributed by atoms with Crippen LogP contribution in [0, 0.1) is 0 Å². The van der Waals surface area contributed by atoms with Gasteiger partial charge in [0, 0.05) is 12.8 Å². The Kier molecular flexibility index (Phi) is 12.5. The molecule has 0 aliphatic heterocycles. The van der Waals surface area contributed by atoms with E-state index in [2.05, 4.69) is 0 Å². The summed E-state index contributed by atoms with van der Waals surface area (Å²) in [4.78, 5) is 47.2. The van der Waals surface area contributed by atoms with Gasteiger partial charge in [-0.2, -0.15) is 0 Å². The minimum absolute atomic E-state index is 0.0595. The minimum Gasteiger partial charge on any atom is -0.490 e. The van der Waals surface area contributed by atoms with Crippen molar-refractivity contribution >= 4 is 23.5 Å². The molecule has 8 heteroatoms. The van der Waals surface area contributed by atoms with Crippen LogP contribution in [0.25, 0.3) is 0 Å². The van der Waals surface area contributed by atoms with Crippen molar-refractivity contribution in [3.8, 4) is 11.5 Å². The van der Waals surface area contributed by atoms with Crippen LogP contribution in [0.4, 0.5) is 0 Å². The molecule has 0 saturated carbocycles. The van der Waals surface area contributed by atoms with E-state index in [1.54, 1.807) is 24.3 Å². The topological polar surface area (TPSA) is 105 Å². The molecule has 34 heavy (non-hydrogen) atoms. The maximum atomic E-state index is 11.9. The lowest BCUT2D eigenvalue weighted by Gasteiger charge is -2.07. The smallest absolute Gasteiger partial charge is 0.313 e. The van der Waals surface area contributed by atoms with Gasteiger partial charge in [-0.25, -0.2) is 0 Å². The van der Waals surface area contributed by atoms with Crippen LogP contribution < -0.4 is 9.47 Å². The molecule has 0 aliphatic carbocycles. The van der Waals surface area contributed by atoms with Gasteiger partial charge >= 0.3 is 11.9 Å². The number of para-hydroxylation sites is 2. The molecule has 0 atom stereocenters. The third-order valence-electron chi connectivity index (χ3n) is 4.56. The van der Waals surface area contributed by atoms with Gasteiger partial charge in [0.05, 0.1) is 0 Å². The second kappa shape index (κ2) is 16.0. The van der Waals surface area contributed by atoms with E-state index in [1.165, 1.54) is 0 Å². The Morgan fingerprint density at radius 3 is 1.29 bits per heavy atom. The number of hydrogen-bond donors (Lipinski definition) is 0. The van der Waals surface area contributed by atoms with E-state index in [9.17, 15) is 19.2 Å². The van der Waals surface area contributed by atoms with E-state index in [0.29, 0.717) is 24.3 Å². The third kappa shape index (κ3) is 12.4. The number of carbonyl (C=O) groups excluding carboxylic acids is 4. The molecule has 0 aliphatic rings. The molecule has 0 spiro atoms. The van der Waals surface area contributed by atoms with Gasteiger partial charge in [-0.1, -0.05) is 36.4 Å². The van der Waals surface area contributed by atoms with Crippen LogP contribution in [-0.4, -0.2) is 49.9 Å². The summed E-state index contributed by atoms with van der Waals surface area (Å²) in [5.41, 5.74) is 0. The van der Waals surface area contributed by atoms with Crippen molar-refractivity contribution in [3.63, 3.8) is 0 Å². The van der Waals surface area contributed by atoms with Crippen LogP contribution in [0.3, 0.4) is 0 Å². The number of unbranched alkanes of at least 4 members (excludes halogenated alkanes) is 1. The fourth-order valence-corrected chi connectivity index (χ4v) is 2.91. The lowest BCUT2D eigenvalue weighted by molar-refractivity contribution is -0.148. The van der Waals surface area contributed by atoms with E-state index in [1.807, 2.05) is 36.4 Å². The highest BCUT2D eigenvalue weighted by molar-refractivity contribution is 5.96. The molecule has 0 N–H and O–H groups in total. The second-order valence-electron chi connectivity index (χ2n) is 7.40. The molecule has 0 aromatic heterocycles. The van der Waals surface area contributed by atoms with Crippen molar-refractivity contribution in [2.75, 3.05) is 26.4 Å². The van der Waals surface area contributed by atoms with Crippen molar-refractivity contribution in [1.29, 1.82) is 0 Å². The Balaban J connectivity index is 1.44. The molecule has 0 amide bonds. The largest absolute Gasteiger partial charge is 0.490 e. The lowest BCUT2D eigenvalue weighted by atomic mass is 10.1. The Morgan fingerprint density at radius 1 is 0.529 bits per heavy atom. The zero-order valence-electron chi connectivity index (χ0n) is 19.1. The number of rotatable bonds is 17. The Morgan fingerprint density at radius 2 is 0.912 bits per heavy atom. The van der Waals surface area contributed by atoms with Gasteiger partial charge in [0.1, 0.15) is 62.3 Å². The van der Waals surface area contributed by atoms with Crippen LogP contribution in [0.5, 0.6) is 11.5 Å². The monoisotopic (exact) mass is 470 g/mol. The molecule has 2 rings (SSSR count). The van der Waals surface area contributed by atoms with Crippen molar-refractivity contribution in [2.24, 2.45) is 0 Å². The number of benzene rings is 2. The van der Waals surface area contributed by atoms with Crippen LogP contribution in [0.15, 0.2) is 60.7 Å². The highest BCUT2D eigenvalue weighted by Gasteiger charge is 2.13. The minimum atomic E-state index is -0.600. The average molecular weight is 471 g/mol. The fourth-order valence-electron chi connectivity index (χ4n) is 2.91. The van der Waals surface area contributed by atoms with Crippen molar-refractivity contribution in [3.05, 3.63) is 60.7 Å². The molecule has 0 unspecified atom stereocenters. The number of ether oxygens (including phenoxy) is 4. The van der Waals surface area contributed by atoms with E-state index >= 15 is 0 Å². The number of ketones is 2. The molecule has 0 radical (unpaired) electrons. The first-order valence-corrected chi connectivity index (χ1v) is 11.2. The van der Waals surface area contributed by atoms with Crippen LogP contribution in [0.2, 0.25) is 0 Å². The van der Waals surface area contributed by atoms with Crippen LogP contribution in [0.1, 0.15) is 38.5 Å². The summed E-state index contributed by atoms with van der Waals surface area (Å²) in [5.74, 6) is -0.351. The fraction of sp³-hybridized carbons (Fsp3) is 0.385. The first-order valence-electron chi connectivity index (χ1n) is 11.2. The molecule has 0 heterocycles. The highest BCUT2D eigenvalue weighted by Crippen LogP contribution is 2.09. The van der Waals surface area contributed by atoms with Crippen LogP contribution in [-0.2, 0) is 28.7 Å². The number of esters is 2. The summed E-state index contributed by atoms with van der Waals surface area (Å²) in [6.45, 7) is 0.525. The summed E-state index contributed by atoms with van der Waals surface area (Å²) in [5, 5.41) is 0. The van der Waals surface area contributed by atoms with Crippen molar-refractivity contribution in [1.82, 2.24) is 0 Å². The quantitative estimate of drug-likeness (QED) is 0.196. The second-order valence-corrected chi connectivity index (χ2v) is 7.40. The third-order valence-corrected chi connectivity index (χ3v) is 4.56. The zero-order chi connectivity index (χ0) is 24.4. The van der Waals surface area contributed by atoms with Crippen molar-refractivity contribution in [2.45, 2.75) is 38.5 Å². The van der Waals surface area contributed by atoms with Gasteiger partial charge in [-0.05, 0) is 37.1 Å². The molecule has 2 aromatic carbocycles. The number of carbonyl (C=O) groups is 4. The first-order chi connectivity index (χ1) is 16.5. The van der Waals surface area contributed by atoms with Gasteiger partial charge in [0.2, 0.25) is 0 Å². The zero-order valence-corrected chi connectivity index (χ0v) is 19.1. The van der Waals surface area contributed by atoms with Crippen molar-refractivity contribution < 1.29 is 38.1 Å². The molecule has 0 fully saturated rings. The number of Topliss-reactive ketones (excluding diaryl/α,β-unsaturated/α-hetero) is 2. The summed E-state index contributed by atoms with van der Waals surface area (Å²) >= 11 is 0. The highest BCUT2D eigenvalue weighted by atomic mass is 16.6. The standard InChI is InChI=1S/C26H30O8/c27-21(19-25(29)33-17-15-31-23-11-3-1-4-12-23)9-7-8-10-22(28)20-26(30)34-18-16-32-24-13-5-2-6-14-24/h1-6,11-14H,7-10,15-20H2. The van der Waals surface area contributed by atoms with Crippen LogP contribution >= 0.6 is 0 Å². The molecule has 182 valence electrons. The summed E-state index contributed by atoms with van der Waals surface area (Å²) in [7, 11) is 0. The Hall–Kier alpha value is -3.68. The van der Waals surface area contributed by atoms with E-state index in [4.69, 9.17) is 18.9 Å². The summed E-state index contributed by atoms with van der Waals surface area (Å²) in [6, 6.07) is 18.3. The lowest BCUT2D eigenvalue weighted by Crippen LogP contribution is -2.16. The van der Waals surface area contributed by atoms with E-state index in [-0.39, 0.29) is 63.7 Å². The van der Waals surface area contributed by atoms with E-state index in [0.717, 1.165) is 0 Å². The molecule has 8 nitrogen and oxygen atoms in total. The predicted molar refractivity (Wildman–Crippen MR) is 124 cm³/mol. The Labute approximate surface area is 199 Å². The normalized spacial score (nSPS) is 10.2. The SMILES string of the molecule is O=C(CCCCC(=O)CC(=O)OCCOc1ccccc1)CC(=O)OCCOc1ccccc1. The summed E-state index contributed by atoms with van der Waals surface area (Å²) < 4.78 is 20.8. The summed E-state index contributed by atoms with van der Waals surface area (Å²) in [6.07, 6.45) is 0.630. The predicted octanol–water partition coefficient (Wildman–Crippen LogP) is 3.71. The maximum absolute atomic E-state index is 11.9. The first kappa shape index (κ1) is 26.6. The molecular weight excluding hydrogens is 440 g/mol. The van der Waals surface area contributed by atoms with Gasteiger partial charge < -0.3 is 18.9 Å². The molecule has 2 aromatic rings. The van der Waals surface area contributed by atoms with E-state index < -0.39 is 11.9 Å². The molecular formula is C26H30O8. The van der Waals surface area contributed by atoms with Gasteiger partial charge in [-0.3, -0.25) is 19.2 Å². The van der Waals surface area contributed by atoms with Gasteiger partial charge in [0.25, 0.3) is 0 Å². The van der Waals surface area contributed by atoms with Gasteiger partial charge in [0.15, 0.2) is 0 Å². The average Bonchev–Trinajstić information content (AvgIpc) is 2.83. The molecule has 0 bridgehead atoms. The van der Waals surface area contributed by atoms with Gasteiger partial charge in [-0.15, -0.1) is 0 Å². The maximum Gasteiger partial charge on any atom is 0.313 e. The number of hydrogen-bond acceptors (Lipinski definition) is 8. The molecule has 0 saturated heterocycles.